The highest BCUT2D eigenvalue weighted by molar-refractivity contribution is 14.0. The third-order valence-corrected chi connectivity index (χ3v) is 2.96. The van der Waals surface area contributed by atoms with Crippen molar-refractivity contribution in [3.05, 3.63) is 18.0 Å². The number of guanidine groups is 1. The molecule has 0 radical (unpaired) electrons. The van der Waals surface area contributed by atoms with Crippen LogP contribution in [0.3, 0.4) is 0 Å². The van der Waals surface area contributed by atoms with Crippen LogP contribution in [0.25, 0.3) is 0 Å². The van der Waals surface area contributed by atoms with Crippen LogP contribution >= 0.6 is 24.0 Å². The summed E-state index contributed by atoms with van der Waals surface area (Å²) in [6.07, 6.45) is 2.89. The zero-order valence-electron chi connectivity index (χ0n) is 13.4. The van der Waals surface area contributed by atoms with Gasteiger partial charge in [0.05, 0.1) is 18.8 Å². The van der Waals surface area contributed by atoms with Gasteiger partial charge in [-0.3, -0.25) is 9.67 Å². The molecule has 1 aromatic heterocycles. The monoisotopic (exact) mass is 409 g/mol. The second kappa shape index (κ2) is 11.8. The fraction of sp³-hybridized carbons (Fsp3) is 0.714. The lowest BCUT2D eigenvalue weighted by atomic mass is 10.1. The third kappa shape index (κ3) is 8.92. The Morgan fingerprint density at radius 1 is 1.38 bits per heavy atom. The van der Waals surface area contributed by atoms with E-state index in [1.165, 1.54) is 0 Å². The molecule has 122 valence electrons. The van der Waals surface area contributed by atoms with E-state index in [2.05, 4.69) is 34.6 Å². The van der Waals surface area contributed by atoms with Gasteiger partial charge < -0.3 is 15.4 Å². The van der Waals surface area contributed by atoms with Crippen molar-refractivity contribution < 1.29 is 4.74 Å². The lowest BCUT2D eigenvalue weighted by Crippen LogP contribution is -2.38. The topological polar surface area (TPSA) is 63.5 Å². The average Bonchev–Trinajstić information content (AvgIpc) is 2.82. The number of hydrogen-bond acceptors (Lipinski definition) is 3. The van der Waals surface area contributed by atoms with Crippen LogP contribution in [0.5, 0.6) is 0 Å². The SMILES string of the molecule is CN=C(NCCOCCC(C)C)NCc1ccnn1C.I. The van der Waals surface area contributed by atoms with Gasteiger partial charge in [0.2, 0.25) is 0 Å². The molecule has 0 aliphatic rings. The van der Waals surface area contributed by atoms with Crippen molar-refractivity contribution in [3.8, 4) is 0 Å². The molecule has 1 aromatic rings. The molecular weight excluding hydrogens is 381 g/mol. The molecule has 0 bridgehead atoms. The largest absolute Gasteiger partial charge is 0.380 e. The van der Waals surface area contributed by atoms with E-state index < -0.39 is 0 Å². The zero-order valence-corrected chi connectivity index (χ0v) is 15.8. The van der Waals surface area contributed by atoms with Gasteiger partial charge in [-0.05, 0) is 18.4 Å². The molecule has 1 rings (SSSR count). The summed E-state index contributed by atoms with van der Waals surface area (Å²) in [7, 11) is 3.69. The van der Waals surface area contributed by atoms with Gasteiger partial charge in [-0.1, -0.05) is 13.8 Å². The molecule has 6 nitrogen and oxygen atoms in total. The Morgan fingerprint density at radius 3 is 2.71 bits per heavy atom. The van der Waals surface area contributed by atoms with Crippen LogP contribution in [0, 0.1) is 5.92 Å². The minimum atomic E-state index is 0. The summed E-state index contributed by atoms with van der Waals surface area (Å²) < 4.78 is 7.39. The van der Waals surface area contributed by atoms with Crippen LogP contribution in [0.4, 0.5) is 0 Å². The summed E-state index contributed by atoms with van der Waals surface area (Å²) in [5.41, 5.74) is 1.11. The molecular formula is C14H28IN5O. The van der Waals surface area contributed by atoms with Crippen LogP contribution in [0.15, 0.2) is 17.3 Å². The maximum Gasteiger partial charge on any atom is 0.191 e. The molecule has 0 spiro atoms. The fourth-order valence-corrected chi connectivity index (χ4v) is 1.63. The summed E-state index contributed by atoms with van der Waals surface area (Å²) in [4.78, 5) is 4.17. The number of hydrogen-bond donors (Lipinski definition) is 2. The van der Waals surface area contributed by atoms with Gasteiger partial charge in [-0.15, -0.1) is 24.0 Å². The summed E-state index contributed by atoms with van der Waals surface area (Å²) in [6, 6.07) is 1.98. The van der Waals surface area contributed by atoms with E-state index in [1.54, 1.807) is 13.2 Å². The Balaban J connectivity index is 0.00000400. The Morgan fingerprint density at radius 2 is 2.14 bits per heavy atom. The molecule has 7 heteroatoms. The molecule has 0 amide bonds. The van der Waals surface area contributed by atoms with Gasteiger partial charge >= 0.3 is 0 Å². The summed E-state index contributed by atoms with van der Waals surface area (Å²) in [5, 5.41) is 10.6. The van der Waals surface area contributed by atoms with E-state index in [0.717, 1.165) is 31.2 Å². The molecule has 0 atom stereocenters. The number of ether oxygens (including phenoxy) is 1. The second-order valence-corrected chi connectivity index (χ2v) is 5.09. The average molecular weight is 409 g/mol. The Bertz CT molecular complexity index is 406. The van der Waals surface area contributed by atoms with Crippen molar-refractivity contribution >= 4 is 29.9 Å². The lowest BCUT2D eigenvalue weighted by molar-refractivity contribution is 0.128. The summed E-state index contributed by atoms with van der Waals surface area (Å²) >= 11 is 0. The first-order valence-corrected chi connectivity index (χ1v) is 7.12. The van der Waals surface area contributed by atoms with E-state index in [0.29, 0.717) is 19.1 Å². The van der Waals surface area contributed by atoms with E-state index in [9.17, 15) is 0 Å². The highest BCUT2D eigenvalue weighted by Gasteiger charge is 2.01. The van der Waals surface area contributed by atoms with Crippen LogP contribution in [-0.2, 0) is 18.3 Å². The van der Waals surface area contributed by atoms with Crippen LogP contribution < -0.4 is 10.6 Å². The van der Waals surface area contributed by atoms with Gasteiger partial charge in [0, 0.05) is 33.4 Å². The van der Waals surface area contributed by atoms with Crippen molar-refractivity contribution in [2.24, 2.45) is 18.0 Å². The maximum absolute atomic E-state index is 5.55. The molecule has 0 saturated heterocycles. The van der Waals surface area contributed by atoms with Crippen LogP contribution in [0.2, 0.25) is 0 Å². The molecule has 0 saturated carbocycles. The number of nitrogens with zero attached hydrogens (tertiary/aromatic N) is 3. The third-order valence-electron chi connectivity index (χ3n) is 2.96. The first kappa shape index (κ1) is 20.2. The molecule has 21 heavy (non-hydrogen) atoms. The summed E-state index contributed by atoms with van der Waals surface area (Å²) in [5.74, 6) is 1.47. The van der Waals surface area contributed by atoms with E-state index >= 15 is 0 Å². The Labute approximate surface area is 144 Å². The number of aryl methyl sites for hydroxylation is 1. The van der Waals surface area contributed by atoms with Gasteiger partial charge in [0.15, 0.2) is 5.96 Å². The number of rotatable bonds is 8. The van der Waals surface area contributed by atoms with Crippen LogP contribution in [-0.4, -0.2) is 42.5 Å². The standard InChI is InChI=1S/C14H27N5O.HI/c1-12(2)6-9-20-10-8-16-14(15-3)17-11-13-5-7-18-19(13)4;/h5,7,12H,6,8-11H2,1-4H3,(H2,15,16,17);1H. The van der Waals surface area contributed by atoms with Gasteiger partial charge in [0.25, 0.3) is 0 Å². The van der Waals surface area contributed by atoms with Crippen molar-refractivity contribution in [2.75, 3.05) is 26.8 Å². The minimum absolute atomic E-state index is 0. The quantitative estimate of drug-likeness (QED) is 0.297. The first-order chi connectivity index (χ1) is 9.63. The van der Waals surface area contributed by atoms with Crippen LogP contribution in [0.1, 0.15) is 26.0 Å². The molecule has 0 aliphatic heterocycles. The fourth-order valence-electron chi connectivity index (χ4n) is 1.63. The second-order valence-electron chi connectivity index (χ2n) is 5.09. The van der Waals surface area contributed by atoms with Gasteiger partial charge in [0.1, 0.15) is 0 Å². The Hall–Kier alpha value is -0.830. The van der Waals surface area contributed by atoms with Gasteiger partial charge in [-0.25, -0.2) is 0 Å². The minimum Gasteiger partial charge on any atom is -0.380 e. The van der Waals surface area contributed by atoms with Crippen molar-refractivity contribution in [1.29, 1.82) is 0 Å². The molecule has 0 fully saturated rings. The predicted octanol–water partition coefficient (Wildman–Crippen LogP) is 1.77. The maximum atomic E-state index is 5.55. The van der Waals surface area contributed by atoms with Crippen molar-refractivity contribution in [2.45, 2.75) is 26.8 Å². The van der Waals surface area contributed by atoms with E-state index in [-0.39, 0.29) is 24.0 Å². The van der Waals surface area contributed by atoms with Gasteiger partial charge in [-0.2, -0.15) is 5.10 Å². The van der Waals surface area contributed by atoms with Crippen molar-refractivity contribution in [1.82, 2.24) is 20.4 Å². The van der Waals surface area contributed by atoms with E-state index in [4.69, 9.17) is 4.74 Å². The predicted molar refractivity (Wildman–Crippen MR) is 97.1 cm³/mol. The number of halogens is 1. The highest BCUT2D eigenvalue weighted by Crippen LogP contribution is 1.98. The summed E-state index contributed by atoms with van der Waals surface area (Å²) in [6.45, 7) is 7.37. The molecule has 0 aliphatic carbocycles. The Kier molecular flexibility index (Phi) is 11.3. The zero-order chi connectivity index (χ0) is 14.8. The molecule has 1 heterocycles. The number of nitrogens with one attached hydrogen (secondary N) is 2. The highest BCUT2D eigenvalue weighted by atomic mass is 127. The lowest BCUT2D eigenvalue weighted by Gasteiger charge is -2.12. The number of aromatic nitrogens is 2. The molecule has 0 aromatic carbocycles. The normalized spacial score (nSPS) is 11.4. The van der Waals surface area contributed by atoms with E-state index in [1.807, 2.05) is 17.8 Å². The van der Waals surface area contributed by atoms with Crippen molar-refractivity contribution in [3.63, 3.8) is 0 Å². The number of aliphatic imine (C=N–C) groups is 1. The smallest absolute Gasteiger partial charge is 0.191 e. The first-order valence-electron chi connectivity index (χ1n) is 7.12. The molecule has 2 N–H and O–H groups in total. The molecule has 0 unspecified atom stereocenters.